The lowest BCUT2D eigenvalue weighted by Gasteiger charge is -2.11. The summed E-state index contributed by atoms with van der Waals surface area (Å²) in [6.45, 7) is 4.01. The Morgan fingerprint density at radius 3 is 2.33 bits per heavy atom. The first-order valence-corrected chi connectivity index (χ1v) is 7.46. The molecular formula is C18H23NO2. The highest BCUT2D eigenvalue weighted by Gasteiger charge is 2.00. The Kier molecular flexibility index (Phi) is 6.10. The highest BCUT2D eigenvalue weighted by Crippen LogP contribution is 2.18. The van der Waals surface area contributed by atoms with Crippen molar-refractivity contribution in [2.45, 2.75) is 26.3 Å². The zero-order chi connectivity index (χ0) is 14.9. The van der Waals surface area contributed by atoms with Crippen molar-refractivity contribution in [3.8, 4) is 11.5 Å². The van der Waals surface area contributed by atoms with Crippen molar-refractivity contribution in [2.24, 2.45) is 5.73 Å². The van der Waals surface area contributed by atoms with Crippen LogP contribution in [-0.4, -0.2) is 13.2 Å². The molecule has 0 unspecified atom stereocenters. The van der Waals surface area contributed by atoms with Gasteiger partial charge in [-0.1, -0.05) is 37.3 Å². The lowest BCUT2D eigenvalue weighted by molar-refractivity contribution is 0.246. The Morgan fingerprint density at radius 1 is 0.905 bits per heavy atom. The van der Waals surface area contributed by atoms with Crippen molar-refractivity contribution < 1.29 is 9.47 Å². The molecule has 0 aliphatic rings. The van der Waals surface area contributed by atoms with Crippen molar-refractivity contribution in [1.29, 1.82) is 0 Å². The standard InChI is InChI=1S/C18H23NO2/c1-2-16-6-3-4-7-18(16)21-13-5-12-20-17-10-8-15(14-19)9-11-17/h3-4,6-11H,2,5,12-14,19H2,1H3. The van der Waals surface area contributed by atoms with Gasteiger partial charge in [-0.25, -0.2) is 0 Å². The quantitative estimate of drug-likeness (QED) is 0.754. The average molecular weight is 285 g/mol. The minimum absolute atomic E-state index is 0.560. The van der Waals surface area contributed by atoms with Gasteiger partial charge < -0.3 is 15.2 Å². The van der Waals surface area contributed by atoms with Gasteiger partial charge in [0.1, 0.15) is 11.5 Å². The molecule has 0 radical (unpaired) electrons. The number of hydrogen-bond acceptors (Lipinski definition) is 3. The molecule has 2 aromatic carbocycles. The highest BCUT2D eigenvalue weighted by molar-refractivity contribution is 5.33. The number of benzene rings is 2. The molecule has 0 spiro atoms. The molecule has 0 atom stereocenters. The fraction of sp³-hybridized carbons (Fsp3) is 0.333. The first-order valence-electron chi connectivity index (χ1n) is 7.46. The molecule has 112 valence electrons. The van der Waals surface area contributed by atoms with Crippen molar-refractivity contribution in [1.82, 2.24) is 0 Å². The van der Waals surface area contributed by atoms with E-state index in [0.29, 0.717) is 19.8 Å². The smallest absolute Gasteiger partial charge is 0.122 e. The Morgan fingerprint density at radius 2 is 1.62 bits per heavy atom. The maximum atomic E-state index is 5.81. The van der Waals surface area contributed by atoms with Crippen LogP contribution in [0, 0.1) is 0 Å². The third-order valence-electron chi connectivity index (χ3n) is 3.33. The molecule has 3 heteroatoms. The fourth-order valence-corrected chi connectivity index (χ4v) is 2.09. The van der Waals surface area contributed by atoms with Gasteiger partial charge in [-0.2, -0.15) is 0 Å². The largest absolute Gasteiger partial charge is 0.493 e. The molecule has 0 aromatic heterocycles. The SMILES string of the molecule is CCc1ccccc1OCCCOc1ccc(CN)cc1. The topological polar surface area (TPSA) is 44.5 Å². The van der Waals surface area contributed by atoms with Crippen molar-refractivity contribution >= 4 is 0 Å². The van der Waals surface area contributed by atoms with Crippen LogP contribution >= 0.6 is 0 Å². The maximum absolute atomic E-state index is 5.81. The second kappa shape index (κ2) is 8.32. The molecule has 0 aliphatic carbocycles. The molecule has 0 saturated carbocycles. The van der Waals surface area contributed by atoms with Gasteiger partial charge in [0.15, 0.2) is 0 Å². The summed E-state index contributed by atoms with van der Waals surface area (Å²) in [5.41, 5.74) is 7.92. The van der Waals surface area contributed by atoms with Crippen molar-refractivity contribution in [3.63, 3.8) is 0 Å². The van der Waals surface area contributed by atoms with E-state index in [4.69, 9.17) is 15.2 Å². The summed E-state index contributed by atoms with van der Waals surface area (Å²) in [7, 11) is 0. The predicted molar refractivity (Wildman–Crippen MR) is 85.8 cm³/mol. The normalized spacial score (nSPS) is 10.4. The maximum Gasteiger partial charge on any atom is 0.122 e. The molecule has 0 fully saturated rings. The van der Waals surface area contributed by atoms with Crippen molar-refractivity contribution in [2.75, 3.05) is 13.2 Å². The number of ether oxygens (including phenoxy) is 2. The first kappa shape index (κ1) is 15.4. The third-order valence-corrected chi connectivity index (χ3v) is 3.33. The summed E-state index contributed by atoms with van der Waals surface area (Å²) in [5.74, 6) is 1.86. The van der Waals surface area contributed by atoms with Gasteiger partial charge in [0.05, 0.1) is 13.2 Å². The lowest BCUT2D eigenvalue weighted by Crippen LogP contribution is -2.06. The third kappa shape index (κ3) is 4.80. The number of nitrogens with two attached hydrogens (primary N) is 1. The highest BCUT2D eigenvalue weighted by atomic mass is 16.5. The van der Waals surface area contributed by atoms with Gasteiger partial charge in [-0.05, 0) is 35.7 Å². The number of hydrogen-bond donors (Lipinski definition) is 1. The molecule has 2 rings (SSSR count). The van der Waals surface area contributed by atoms with Crippen LogP contribution in [0.3, 0.4) is 0 Å². The minimum Gasteiger partial charge on any atom is -0.493 e. The monoisotopic (exact) mass is 285 g/mol. The Labute approximate surface area is 126 Å². The molecule has 0 bridgehead atoms. The van der Waals surface area contributed by atoms with E-state index in [1.807, 2.05) is 42.5 Å². The van der Waals surface area contributed by atoms with E-state index < -0.39 is 0 Å². The molecule has 2 aromatic rings. The van der Waals surface area contributed by atoms with Crippen LogP contribution in [0.1, 0.15) is 24.5 Å². The summed E-state index contributed by atoms with van der Waals surface area (Å²) in [6, 6.07) is 16.1. The van der Waals surface area contributed by atoms with E-state index in [1.54, 1.807) is 0 Å². The fourth-order valence-electron chi connectivity index (χ4n) is 2.09. The number of rotatable bonds is 8. The van der Waals surface area contributed by atoms with Gasteiger partial charge in [0, 0.05) is 13.0 Å². The number of para-hydroxylation sites is 1. The van der Waals surface area contributed by atoms with Crippen LogP contribution in [0.15, 0.2) is 48.5 Å². The van der Waals surface area contributed by atoms with Crippen LogP contribution in [0.2, 0.25) is 0 Å². The molecule has 2 N–H and O–H groups in total. The van der Waals surface area contributed by atoms with Gasteiger partial charge in [-0.15, -0.1) is 0 Å². The van der Waals surface area contributed by atoms with Gasteiger partial charge in [-0.3, -0.25) is 0 Å². The molecule has 0 heterocycles. The number of aryl methyl sites for hydroxylation is 1. The van der Waals surface area contributed by atoms with Crippen LogP contribution < -0.4 is 15.2 Å². The summed E-state index contributed by atoms with van der Waals surface area (Å²) in [5, 5.41) is 0. The summed E-state index contributed by atoms with van der Waals surface area (Å²) in [4.78, 5) is 0. The van der Waals surface area contributed by atoms with Crippen LogP contribution in [-0.2, 0) is 13.0 Å². The van der Waals surface area contributed by atoms with Gasteiger partial charge in [0.2, 0.25) is 0 Å². The van der Waals surface area contributed by atoms with Crippen LogP contribution in [0.25, 0.3) is 0 Å². The van der Waals surface area contributed by atoms with Crippen LogP contribution in [0.5, 0.6) is 11.5 Å². The predicted octanol–water partition coefficient (Wildman–Crippen LogP) is 3.56. The second-order valence-electron chi connectivity index (χ2n) is 4.86. The zero-order valence-electron chi connectivity index (χ0n) is 12.5. The van der Waals surface area contributed by atoms with E-state index in [0.717, 1.165) is 29.9 Å². The first-order chi connectivity index (χ1) is 10.3. The van der Waals surface area contributed by atoms with E-state index in [1.165, 1.54) is 5.56 Å². The molecular weight excluding hydrogens is 262 g/mol. The van der Waals surface area contributed by atoms with Gasteiger partial charge >= 0.3 is 0 Å². The summed E-state index contributed by atoms with van der Waals surface area (Å²) in [6.07, 6.45) is 1.84. The second-order valence-corrected chi connectivity index (χ2v) is 4.86. The molecule has 21 heavy (non-hydrogen) atoms. The Hall–Kier alpha value is -2.00. The lowest BCUT2D eigenvalue weighted by atomic mass is 10.1. The van der Waals surface area contributed by atoms with E-state index in [2.05, 4.69) is 13.0 Å². The van der Waals surface area contributed by atoms with E-state index in [9.17, 15) is 0 Å². The molecule has 0 amide bonds. The van der Waals surface area contributed by atoms with E-state index >= 15 is 0 Å². The molecule has 0 saturated heterocycles. The van der Waals surface area contributed by atoms with Crippen LogP contribution in [0.4, 0.5) is 0 Å². The Bertz CT molecular complexity index is 537. The zero-order valence-corrected chi connectivity index (χ0v) is 12.5. The average Bonchev–Trinajstić information content (AvgIpc) is 2.55. The Balaban J connectivity index is 1.70. The molecule has 0 aliphatic heterocycles. The minimum atomic E-state index is 0.560. The summed E-state index contributed by atoms with van der Waals surface area (Å²) < 4.78 is 11.5. The summed E-state index contributed by atoms with van der Waals surface area (Å²) >= 11 is 0. The van der Waals surface area contributed by atoms with Crippen molar-refractivity contribution in [3.05, 3.63) is 59.7 Å². The molecule has 3 nitrogen and oxygen atoms in total. The van der Waals surface area contributed by atoms with E-state index in [-0.39, 0.29) is 0 Å². The van der Waals surface area contributed by atoms with Gasteiger partial charge in [0.25, 0.3) is 0 Å².